The molecule has 0 bridgehead atoms. The fourth-order valence-electron chi connectivity index (χ4n) is 3.81. The van der Waals surface area contributed by atoms with Crippen molar-refractivity contribution in [2.45, 2.75) is 38.7 Å². The van der Waals surface area contributed by atoms with Crippen LogP contribution in [0.4, 0.5) is 0 Å². The smallest absolute Gasteiger partial charge is 0.160 e. The number of hydrogen-bond donors (Lipinski definition) is 2. The number of phenols is 1. The molecular formula is C18H22O6. The summed E-state index contributed by atoms with van der Waals surface area (Å²) in [6.45, 7) is 4.10. The second-order valence-corrected chi connectivity index (χ2v) is 6.63. The zero-order chi connectivity index (χ0) is 18.2. The van der Waals surface area contributed by atoms with E-state index in [1.165, 1.54) is 40.0 Å². The van der Waals surface area contributed by atoms with E-state index >= 15 is 0 Å². The zero-order valence-corrected chi connectivity index (χ0v) is 14.2. The molecule has 24 heavy (non-hydrogen) atoms. The Balaban J connectivity index is 2.67. The summed E-state index contributed by atoms with van der Waals surface area (Å²) in [7, 11) is 1.38. The summed E-state index contributed by atoms with van der Waals surface area (Å²) in [5, 5.41) is 20.4. The van der Waals surface area contributed by atoms with E-state index in [0.717, 1.165) is 0 Å². The number of aliphatic hydroxyl groups is 1. The van der Waals surface area contributed by atoms with Crippen LogP contribution < -0.4 is 4.74 Å². The summed E-state index contributed by atoms with van der Waals surface area (Å²) in [5.74, 6) is -3.65. The van der Waals surface area contributed by atoms with Gasteiger partial charge >= 0.3 is 0 Å². The van der Waals surface area contributed by atoms with Crippen LogP contribution >= 0.6 is 0 Å². The number of Topliss-reactive ketones (excluding diaryl/α,β-unsaturated/α-hetero) is 3. The lowest BCUT2D eigenvalue weighted by Crippen LogP contribution is -2.53. The molecule has 0 amide bonds. The van der Waals surface area contributed by atoms with E-state index in [2.05, 4.69) is 0 Å². The number of methoxy groups -OCH3 is 1. The topological polar surface area (TPSA) is 101 Å². The molecule has 2 N–H and O–H groups in total. The van der Waals surface area contributed by atoms with Gasteiger partial charge in [0.25, 0.3) is 0 Å². The molecule has 1 fully saturated rings. The Bertz CT molecular complexity index is 691. The third kappa shape index (κ3) is 3.06. The summed E-state index contributed by atoms with van der Waals surface area (Å²) >= 11 is 0. The average Bonchev–Trinajstić information content (AvgIpc) is 2.44. The first kappa shape index (κ1) is 18.1. The fourth-order valence-corrected chi connectivity index (χ4v) is 3.81. The van der Waals surface area contributed by atoms with Crippen molar-refractivity contribution in [3.63, 3.8) is 0 Å². The van der Waals surface area contributed by atoms with Gasteiger partial charge in [0, 0.05) is 12.3 Å². The molecule has 0 radical (unpaired) electrons. The Morgan fingerprint density at radius 1 is 1.25 bits per heavy atom. The maximum Gasteiger partial charge on any atom is 0.160 e. The Hall–Kier alpha value is -2.21. The number of ketones is 3. The molecule has 2 rings (SSSR count). The van der Waals surface area contributed by atoms with Gasteiger partial charge in [0.05, 0.1) is 24.5 Å². The second kappa shape index (κ2) is 6.36. The highest BCUT2D eigenvalue weighted by Gasteiger charge is 2.53. The van der Waals surface area contributed by atoms with Crippen molar-refractivity contribution < 1.29 is 29.3 Å². The Kier molecular flexibility index (Phi) is 4.80. The third-order valence-corrected chi connectivity index (χ3v) is 4.73. The summed E-state index contributed by atoms with van der Waals surface area (Å²) in [5.41, 5.74) is -1.04. The van der Waals surface area contributed by atoms with Gasteiger partial charge in [-0.2, -0.15) is 0 Å². The molecule has 0 unspecified atom stereocenters. The molecular weight excluding hydrogens is 312 g/mol. The molecule has 0 saturated heterocycles. The molecule has 6 nitrogen and oxygen atoms in total. The molecule has 6 heteroatoms. The number of carbonyl (C=O) groups excluding carboxylic acids is 3. The molecule has 1 aliphatic carbocycles. The summed E-state index contributed by atoms with van der Waals surface area (Å²) in [6, 6.07) is 4.43. The van der Waals surface area contributed by atoms with Crippen LogP contribution in [0.5, 0.6) is 11.5 Å². The average molecular weight is 334 g/mol. The van der Waals surface area contributed by atoms with Gasteiger partial charge in [-0.05, 0) is 38.5 Å². The number of carbonyl (C=O) groups is 3. The predicted octanol–water partition coefficient (Wildman–Crippen LogP) is 1.62. The van der Waals surface area contributed by atoms with Crippen LogP contribution in [0.25, 0.3) is 0 Å². The van der Waals surface area contributed by atoms with Gasteiger partial charge < -0.3 is 14.9 Å². The largest absolute Gasteiger partial charge is 0.504 e. The normalized spacial score (nSPS) is 30.0. The maximum atomic E-state index is 12.5. The van der Waals surface area contributed by atoms with Gasteiger partial charge in [0.2, 0.25) is 0 Å². The van der Waals surface area contributed by atoms with Crippen molar-refractivity contribution in [3.8, 4) is 11.5 Å². The predicted molar refractivity (Wildman–Crippen MR) is 86.0 cm³/mol. The lowest BCUT2D eigenvalue weighted by molar-refractivity contribution is -0.151. The molecule has 4 atom stereocenters. The van der Waals surface area contributed by atoms with Crippen LogP contribution in [-0.2, 0) is 14.4 Å². The van der Waals surface area contributed by atoms with Crippen LogP contribution in [0.3, 0.4) is 0 Å². The Morgan fingerprint density at radius 3 is 2.38 bits per heavy atom. The van der Waals surface area contributed by atoms with E-state index in [1.54, 1.807) is 6.07 Å². The monoisotopic (exact) mass is 334 g/mol. The number of benzene rings is 1. The van der Waals surface area contributed by atoms with Crippen molar-refractivity contribution in [2.24, 2.45) is 11.8 Å². The van der Waals surface area contributed by atoms with Crippen LogP contribution in [-0.4, -0.2) is 40.3 Å². The number of phenolic OH excluding ortho intramolecular Hbond substituents is 1. The third-order valence-electron chi connectivity index (χ3n) is 4.73. The summed E-state index contributed by atoms with van der Waals surface area (Å²) in [6.07, 6.45) is -0.243. The Morgan fingerprint density at radius 2 is 1.88 bits per heavy atom. The van der Waals surface area contributed by atoms with Gasteiger partial charge in [-0.25, -0.2) is 0 Å². The molecule has 130 valence electrons. The van der Waals surface area contributed by atoms with Gasteiger partial charge in [-0.1, -0.05) is 6.07 Å². The van der Waals surface area contributed by atoms with E-state index in [0.29, 0.717) is 5.56 Å². The van der Waals surface area contributed by atoms with Gasteiger partial charge in [0.1, 0.15) is 17.3 Å². The van der Waals surface area contributed by atoms with Crippen molar-refractivity contribution in [2.75, 3.05) is 7.11 Å². The van der Waals surface area contributed by atoms with Gasteiger partial charge in [0.15, 0.2) is 11.5 Å². The van der Waals surface area contributed by atoms with E-state index in [-0.39, 0.29) is 35.3 Å². The second-order valence-electron chi connectivity index (χ2n) is 6.63. The minimum atomic E-state index is -1.54. The SMILES string of the molecule is COc1cc([C@@H]2[C@@H](C(C)=O)C(=O)C[C@@](C)(O)[C@@H]2C(C)=O)ccc1O. The first-order valence-corrected chi connectivity index (χ1v) is 7.73. The molecule has 0 aromatic heterocycles. The van der Waals surface area contributed by atoms with E-state index in [1.807, 2.05) is 0 Å². The number of aromatic hydroxyl groups is 1. The first-order chi connectivity index (χ1) is 11.1. The van der Waals surface area contributed by atoms with E-state index < -0.39 is 23.4 Å². The minimum Gasteiger partial charge on any atom is -0.504 e. The van der Waals surface area contributed by atoms with E-state index in [9.17, 15) is 24.6 Å². The van der Waals surface area contributed by atoms with Gasteiger partial charge in [-0.3, -0.25) is 14.4 Å². The number of ether oxygens (including phenoxy) is 1. The van der Waals surface area contributed by atoms with Crippen LogP contribution in [0.15, 0.2) is 18.2 Å². The molecule has 1 saturated carbocycles. The minimum absolute atomic E-state index is 0.0890. The van der Waals surface area contributed by atoms with Crippen LogP contribution in [0, 0.1) is 11.8 Å². The quantitative estimate of drug-likeness (QED) is 0.812. The number of rotatable bonds is 4. The highest BCUT2D eigenvalue weighted by molar-refractivity contribution is 6.05. The number of hydrogen-bond acceptors (Lipinski definition) is 6. The molecule has 0 spiro atoms. The lowest BCUT2D eigenvalue weighted by atomic mass is 9.60. The highest BCUT2D eigenvalue weighted by Crippen LogP contribution is 2.47. The van der Waals surface area contributed by atoms with Crippen molar-refractivity contribution in [3.05, 3.63) is 23.8 Å². The van der Waals surface area contributed by atoms with Crippen molar-refractivity contribution in [1.82, 2.24) is 0 Å². The molecule has 0 heterocycles. The molecule has 0 aliphatic heterocycles. The molecule has 1 aliphatic rings. The molecule has 1 aromatic rings. The zero-order valence-electron chi connectivity index (χ0n) is 14.2. The van der Waals surface area contributed by atoms with Crippen molar-refractivity contribution in [1.29, 1.82) is 0 Å². The van der Waals surface area contributed by atoms with Crippen molar-refractivity contribution >= 4 is 17.3 Å². The molecule has 1 aromatic carbocycles. The first-order valence-electron chi connectivity index (χ1n) is 7.73. The fraction of sp³-hybridized carbons (Fsp3) is 0.500. The maximum absolute atomic E-state index is 12.5. The highest BCUT2D eigenvalue weighted by atomic mass is 16.5. The van der Waals surface area contributed by atoms with Crippen LogP contribution in [0.2, 0.25) is 0 Å². The van der Waals surface area contributed by atoms with Crippen LogP contribution in [0.1, 0.15) is 38.7 Å². The summed E-state index contributed by atoms with van der Waals surface area (Å²) < 4.78 is 5.08. The lowest BCUT2D eigenvalue weighted by Gasteiger charge is -2.44. The standard InChI is InChI=1S/C18H22O6/c1-9(19)15-13(22)8-18(3,23)17(10(2)20)16(15)11-5-6-12(21)14(7-11)24-4/h5-7,15-17,21,23H,8H2,1-4H3/t15-,16+,17+,18+/m0/s1. The van der Waals surface area contributed by atoms with E-state index in [4.69, 9.17) is 4.74 Å². The van der Waals surface area contributed by atoms with Gasteiger partial charge in [-0.15, -0.1) is 0 Å². The summed E-state index contributed by atoms with van der Waals surface area (Å²) in [4.78, 5) is 36.8. The Labute approximate surface area is 140 Å².